The molecule has 0 unspecified atom stereocenters. The third-order valence-electron chi connectivity index (χ3n) is 3.80. The van der Waals surface area contributed by atoms with Gasteiger partial charge in [-0.3, -0.25) is 14.5 Å². The number of carbonyl (C=O) groups is 2. The first kappa shape index (κ1) is 17.2. The molecule has 3 rings (SSSR count). The lowest BCUT2D eigenvalue weighted by atomic mass is 10.1. The summed E-state index contributed by atoms with van der Waals surface area (Å²) >= 11 is 1.27. The molecule has 0 saturated heterocycles. The Bertz CT molecular complexity index is 953. The molecule has 8 heteroatoms. The highest BCUT2D eigenvalue weighted by atomic mass is 32.2. The molecule has 1 aromatic carbocycles. The van der Waals surface area contributed by atoms with E-state index in [0.717, 1.165) is 22.1 Å². The van der Waals surface area contributed by atoms with Crippen LogP contribution in [0.4, 0.5) is 4.79 Å². The summed E-state index contributed by atoms with van der Waals surface area (Å²) in [5.41, 5.74) is 2.84. The highest BCUT2D eigenvalue weighted by molar-refractivity contribution is 8.00. The molecule has 0 aliphatic carbocycles. The fraction of sp³-hybridized carbons (Fsp3) is 0.294. The van der Waals surface area contributed by atoms with Crippen molar-refractivity contribution in [3.63, 3.8) is 0 Å². The Labute approximate surface area is 149 Å². The number of benzene rings is 1. The molecular weight excluding hydrogens is 338 g/mol. The molecule has 0 fully saturated rings. The Balaban J connectivity index is 1.91. The molecule has 130 valence electrons. The Morgan fingerprint density at radius 1 is 1.28 bits per heavy atom. The lowest BCUT2D eigenvalue weighted by Gasteiger charge is -2.11. The normalized spacial score (nSPS) is 12.3. The summed E-state index contributed by atoms with van der Waals surface area (Å²) in [6.07, 6.45) is 0. The van der Waals surface area contributed by atoms with Gasteiger partial charge in [0.1, 0.15) is 0 Å². The third-order valence-corrected chi connectivity index (χ3v) is 4.84. The Kier molecular flexibility index (Phi) is 4.89. The highest BCUT2D eigenvalue weighted by Gasteiger charge is 2.20. The first-order valence-electron chi connectivity index (χ1n) is 8.00. The fourth-order valence-electron chi connectivity index (χ4n) is 2.58. The Morgan fingerprint density at radius 2 is 2.04 bits per heavy atom. The summed E-state index contributed by atoms with van der Waals surface area (Å²) in [5.74, 6) is -0.371. The van der Waals surface area contributed by atoms with Crippen LogP contribution in [0.2, 0.25) is 0 Å². The zero-order valence-electron chi connectivity index (χ0n) is 14.2. The number of para-hydroxylation sites is 1. The number of nitrogens with one attached hydrogen (secondary N) is 2. The lowest BCUT2D eigenvalue weighted by Crippen LogP contribution is -2.42. The average Bonchev–Trinajstić information content (AvgIpc) is 2.98. The van der Waals surface area contributed by atoms with Gasteiger partial charge < -0.3 is 5.32 Å². The van der Waals surface area contributed by atoms with Crippen molar-refractivity contribution in [1.29, 1.82) is 0 Å². The number of thioether (sulfide) groups is 1. The molecular formula is C17H19N5O2S. The van der Waals surface area contributed by atoms with E-state index in [2.05, 4.69) is 20.8 Å². The van der Waals surface area contributed by atoms with Gasteiger partial charge in [-0.25, -0.2) is 4.79 Å². The molecule has 0 radical (unpaired) electrons. The molecule has 0 saturated carbocycles. The summed E-state index contributed by atoms with van der Waals surface area (Å²) in [6, 6.07) is 9.47. The first-order chi connectivity index (χ1) is 12.0. The number of aryl methyl sites for hydroxylation is 1. The van der Waals surface area contributed by atoms with E-state index in [1.54, 1.807) is 13.8 Å². The van der Waals surface area contributed by atoms with Crippen LogP contribution in [-0.4, -0.2) is 38.3 Å². The van der Waals surface area contributed by atoms with Crippen molar-refractivity contribution in [3.05, 3.63) is 35.9 Å². The molecule has 0 aliphatic rings. The van der Waals surface area contributed by atoms with Gasteiger partial charge in [-0.05, 0) is 38.5 Å². The standard InChI is InChI=1S/C17H19N5O2S/c1-4-18-16(24)19-15(23)11(3)25-17-21-20-14-9-10(2)12-7-5-6-8-13(12)22(14)17/h5-9,11H,4H2,1-3H3,(H2,18,19,23,24)/t11-/m0/s1. The van der Waals surface area contributed by atoms with Gasteiger partial charge >= 0.3 is 6.03 Å². The van der Waals surface area contributed by atoms with Crippen LogP contribution in [0, 0.1) is 6.92 Å². The minimum absolute atomic E-state index is 0.371. The molecule has 2 N–H and O–H groups in total. The van der Waals surface area contributed by atoms with Crippen LogP contribution in [0.5, 0.6) is 0 Å². The van der Waals surface area contributed by atoms with Gasteiger partial charge in [-0.15, -0.1) is 10.2 Å². The van der Waals surface area contributed by atoms with Gasteiger partial charge in [0.15, 0.2) is 10.8 Å². The highest BCUT2D eigenvalue weighted by Crippen LogP contribution is 2.27. The van der Waals surface area contributed by atoms with E-state index in [1.165, 1.54) is 11.8 Å². The van der Waals surface area contributed by atoms with Crippen LogP contribution in [0.25, 0.3) is 16.6 Å². The number of hydrogen-bond acceptors (Lipinski definition) is 5. The van der Waals surface area contributed by atoms with E-state index in [-0.39, 0.29) is 5.91 Å². The number of urea groups is 1. The van der Waals surface area contributed by atoms with Crippen LogP contribution in [0.1, 0.15) is 19.4 Å². The summed E-state index contributed by atoms with van der Waals surface area (Å²) in [6.45, 7) is 6.02. The van der Waals surface area contributed by atoms with E-state index in [0.29, 0.717) is 11.7 Å². The lowest BCUT2D eigenvalue weighted by molar-refractivity contribution is -0.119. The fourth-order valence-corrected chi connectivity index (χ4v) is 3.45. The second-order valence-electron chi connectivity index (χ2n) is 5.63. The van der Waals surface area contributed by atoms with Crippen LogP contribution in [0.15, 0.2) is 35.5 Å². The van der Waals surface area contributed by atoms with Gasteiger partial charge in [-0.2, -0.15) is 0 Å². The molecule has 2 aromatic heterocycles. The van der Waals surface area contributed by atoms with Crippen molar-refractivity contribution >= 4 is 40.3 Å². The molecule has 0 aliphatic heterocycles. The summed E-state index contributed by atoms with van der Waals surface area (Å²) in [5, 5.41) is 14.5. The molecule has 2 heterocycles. The zero-order chi connectivity index (χ0) is 18.0. The van der Waals surface area contributed by atoms with Crippen molar-refractivity contribution in [2.75, 3.05) is 6.54 Å². The molecule has 0 bridgehead atoms. The topological polar surface area (TPSA) is 88.4 Å². The third kappa shape index (κ3) is 3.43. The molecule has 25 heavy (non-hydrogen) atoms. The van der Waals surface area contributed by atoms with E-state index in [4.69, 9.17) is 0 Å². The minimum Gasteiger partial charge on any atom is -0.338 e. The largest absolute Gasteiger partial charge is 0.338 e. The van der Waals surface area contributed by atoms with Crippen LogP contribution in [0.3, 0.4) is 0 Å². The molecule has 0 spiro atoms. The van der Waals surface area contributed by atoms with Crippen LogP contribution < -0.4 is 10.6 Å². The number of rotatable bonds is 4. The van der Waals surface area contributed by atoms with Crippen LogP contribution in [-0.2, 0) is 4.79 Å². The van der Waals surface area contributed by atoms with Gasteiger partial charge in [0.25, 0.3) is 0 Å². The smallest absolute Gasteiger partial charge is 0.321 e. The number of aromatic nitrogens is 3. The van der Waals surface area contributed by atoms with E-state index < -0.39 is 11.3 Å². The predicted octanol–water partition coefficient (Wildman–Crippen LogP) is 2.52. The molecule has 3 aromatic rings. The second-order valence-corrected chi connectivity index (χ2v) is 6.94. The quantitative estimate of drug-likeness (QED) is 0.701. The maximum atomic E-state index is 12.2. The van der Waals surface area contributed by atoms with Gasteiger partial charge in [-0.1, -0.05) is 30.0 Å². The number of hydrogen-bond donors (Lipinski definition) is 2. The number of fused-ring (bicyclic) bond motifs is 3. The van der Waals surface area contributed by atoms with Crippen molar-refractivity contribution < 1.29 is 9.59 Å². The zero-order valence-corrected chi connectivity index (χ0v) is 15.1. The minimum atomic E-state index is -0.493. The Hall–Kier alpha value is -2.61. The second kappa shape index (κ2) is 7.10. The number of amides is 3. The number of pyridine rings is 1. The van der Waals surface area contributed by atoms with E-state index >= 15 is 0 Å². The molecule has 1 atom stereocenters. The maximum absolute atomic E-state index is 12.2. The summed E-state index contributed by atoms with van der Waals surface area (Å²) in [7, 11) is 0. The monoisotopic (exact) mass is 357 g/mol. The van der Waals surface area contributed by atoms with Crippen molar-refractivity contribution in [2.24, 2.45) is 0 Å². The first-order valence-corrected chi connectivity index (χ1v) is 8.88. The van der Waals surface area contributed by atoms with E-state index in [9.17, 15) is 9.59 Å². The van der Waals surface area contributed by atoms with E-state index in [1.807, 2.05) is 41.7 Å². The van der Waals surface area contributed by atoms with Crippen molar-refractivity contribution in [1.82, 2.24) is 25.2 Å². The van der Waals surface area contributed by atoms with Gasteiger partial charge in [0, 0.05) is 11.9 Å². The van der Waals surface area contributed by atoms with Gasteiger partial charge in [0.2, 0.25) is 5.91 Å². The van der Waals surface area contributed by atoms with Crippen molar-refractivity contribution in [3.8, 4) is 0 Å². The predicted molar refractivity (Wildman–Crippen MR) is 97.8 cm³/mol. The summed E-state index contributed by atoms with van der Waals surface area (Å²) in [4.78, 5) is 23.7. The average molecular weight is 357 g/mol. The summed E-state index contributed by atoms with van der Waals surface area (Å²) < 4.78 is 1.93. The van der Waals surface area contributed by atoms with Crippen LogP contribution >= 0.6 is 11.8 Å². The van der Waals surface area contributed by atoms with Gasteiger partial charge in [0.05, 0.1) is 10.8 Å². The Morgan fingerprint density at radius 3 is 2.80 bits per heavy atom. The number of nitrogens with zero attached hydrogens (tertiary/aromatic N) is 3. The van der Waals surface area contributed by atoms with Crippen molar-refractivity contribution in [2.45, 2.75) is 31.2 Å². The maximum Gasteiger partial charge on any atom is 0.321 e. The number of carbonyl (C=O) groups excluding carboxylic acids is 2. The SMILES string of the molecule is CCNC(=O)NC(=O)[C@H](C)Sc1nnc2cc(C)c3ccccc3n12. The molecule has 7 nitrogen and oxygen atoms in total. The number of imide groups is 1. The molecule has 3 amide bonds.